The molecule has 122 valence electrons. The predicted molar refractivity (Wildman–Crippen MR) is 90.6 cm³/mol. The summed E-state index contributed by atoms with van der Waals surface area (Å²) < 4.78 is 11.8. The fourth-order valence-electron chi connectivity index (χ4n) is 2.66. The number of benzene rings is 1. The zero-order valence-corrected chi connectivity index (χ0v) is 14.3. The monoisotopic (exact) mass is 333 g/mol. The average Bonchev–Trinajstić information content (AvgIpc) is 2.77. The van der Waals surface area contributed by atoms with Gasteiger partial charge >= 0.3 is 0 Å². The van der Waals surface area contributed by atoms with Crippen molar-refractivity contribution in [3.8, 4) is 11.5 Å². The van der Waals surface area contributed by atoms with E-state index in [1.807, 2.05) is 12.1 Å². The first-order valence-electron chi connectivity index (χ1n) is 7.62. The lowest BCUT2D eigenvalue weighted by molar-refractivity contribution is 0.132. The molecular weight excluding hydrogens is 314 g/mol. The Kier molecular flexibility index (Phi) is 4.31. The number of hydrogen-bond donors (Lipinski definition) is 1. The van der Waals surface area contributed by atoms with Crippen LogP contribution in [0.3, 0.4) is 0 Å². The van der Waals surface area contributed by atoms with Gasteiger partial charge < -0.3 is 14.8 Å². The third-order valence-corrected chi connectivity index (χ3v) is 3.72. The van der Waals surface area contributed by atoms with Crippen LogP contribution in [0.15, 0.2) is 24.3 Å². The summed E-state index contributed by atoms with van der Waals surface area (Å²) in [6.07, 6.45) is 0.899. The fourth-order valence-corrected chi connectivity index (χ4v) is 2.89. The molecule has 0 unspecified atom stereocenters. The number of halogens is 1. The SMILES string of the molecule is Cc1nc(Cl)cc(NCCOc2cccc3c2OC(C)(C)C3)n1. The van der Waals surface area contributed by atoms with Crippen LogP contribution in [0.2, 0.25) is 5.15 Å². The molecule has 1 aliphatic heterocycles. The first-order chi connectivity index (χ1) is 10.9. The summed E-state index contributed by atoms with van der Waals surface area (Å²) in [5.41, 5.74) is 1.02. The van der Waals surface area contributed by atoms with Gasteiger partial charge in [-0.3, -0.25) is 0 Å². The molecular formula is C17H20ClN3O2. The number of hydrogen-bond acceptors (Lipinski definition) is 5. The molecule has 0 saturated heterocycles. The number of fused-ring (bicyclic) bond motifs is 1. The van der Waals surface area contributed by atoms with E-state index in [1.54, 1.807) is 13.0 Å². The molecule has 0 atom stereocenters. The van der Waals surface area contributed by atoms with E-state index in [2.05, 4.69) is 35.2 Å². The number of aryl methyl sites for hydroxylation is 1. The van der Waals surface area contributed by atoms with Gasteiger partial charge in [0.1, 0.15) is 29.0 Å². The topological polar surface area (TPSA) is 56.3 Å². The second-order valence-electron chi connectivity index (χ2n) is 6.18. The lowest BCUT2D eigenvalue weighted by atomic mass is 10.0. The van der Waals surface area contributed by atoms with E-state index in [-0.39, 0.29) is 5.60 Å². The van der Waals surface area contributed by atoms with Gasteiger partial charge in [0.05, 0.1) is 6.54 Å². The zero-order valence-electron chi connectivity index (χ0n) is 13.5. The number of rotatable bonds is 5. The van der Waals surface area contributed by atoms with Crippen molar-refractivity contribution in [1.82, 2.24) is 9.97 Å². The van der Waals surface area contributed by atoms with Gasteiger partial charge in [0.15, 0.2) is 11.5 Å². The van der Waals surface area contributed by atoms with Crippen LogP contribution in [0.5, 0.6) is 11.5 Å². The smallest absolute Gasteiger partial charge is 0.165 e. The molecule has 0 spiro atoms. The van der Waals surface area contributed by atoms with Crippen molar-refractivity contribution in [1.29, 1.82) is 0 Å². The van der Waals surface area contributed by atoms with Crippen molar-refractivity contribution in [2.45, 2.75) is 32.8 Å². The Morgan fingerprint density at radius 3 is 2.96 bits per heavy atom. The minimum atomic E-state index is -0.171. The number of anilines is 1. The Balaban J connectivity index is 1.57. The molecule has 1 aromatic heterocycles. The van der Waals surface area contributed by atoms with Crippen LogP contribution in [0, 0.1) is 6.92 Å². The van der Waals surface area contributed by atoms with Crippen LogP contribution in [0.1, 0.15) is 25.2 Å². The molecule has 0 bridgehead atoms. The maximum absolute atomic E-state index is 5.99. The molecule has 1 aromatic carbocycles. The molecule has 3 rings (SSSR count). The molecule has 2 aromatic rings. The highest BCUT2D eigenvalue weighted by molar-refractivity contribution is 6.29. The van der Waals surface area contributed by atoms with Gasteiger partial charge in [0, 0.05) is 18.1 Å². The summed E-state index contributed by atoms with van der Waals surface area (Å²) in [7, 11) is 0. The maximum Gasteiger partial charge on any atom is 0.165 e. The molecule has 0 aliphatic carbocycles. The second-order valence-corrected chi connectivity index (χ2v) is 6.57. The van der Waals surface area contributed by atoms with Crippen LogP contribution < -0.4 is 14.8 Å². The molecule has 5 nitrogen and oxygen atoms in total. The van der Waals surface area contributed by atoms with Crippen LogP contribution >= 0.6 is 11.6 Å². The van der Waals surface area contributed by atoms with Crippen molar-refractivity contribution < 1.29 is 9.47 Å². The lowest BCUT2D eigenvalue weighted by Crippen LogP contribution is -2.24. The minimum Gasteiger partial charge on any atom is -0.488 e. The summed E-state index contributed by atoms with van der Waals surface area (Å²) in [6.45, 7) is 7.08. The Morgan fingerprint density at radius 1 is 1.35 bits per heavy atom. The Hall–Kier alpha value is -2.01. The molecule has 0 amide bonds. The number of para-hydroxylation sites is 1. The molecule has 0 radical (unpaired) electrons. The second kappa shape index (κ2) is 6.24. The van der Waals surface area contributed by atoms with Gasteiger partial charge in [-0.1, -0.05) is 23.7 Å². The van der Waals surface area contributed by atoms with Gasteiger partial charge in [0.2, 0.25) is 0 Å². The molecule has 1 aliphatic rings. The van der Waals surface area contributed by atoms with E-state index in [0.717, 1.165) is 17.9 Å². The molecule has 1 N–H and O–H groups in total. The number of nitrogens with zero attached hydrogens (tertiary/aromatic N) is 2. The van der Waals surface area contributed by atoms with Crippen LogP contribution in [-0.4, -0.2) is 28.7 Å². The Morgan fingerprint density at radius 2 is 2.17 bits per heavy atom. The third kappa shape index (κ3) is 3.85. The van der Waals surface area contributed by atoms with E-state index in [4.69, 9.17) is 21.1 Å². The van der Waals surface area contributed by atoms with Crippen LogP contribution in [0.4, 0.5) is 5.82 Å². The van der Waals surface area contributed by atoms with Gasteiger partial charge in [0.25, 0.3) is 0 Å². The van der Waals surface area contributed by atoms with E-state index < -0.39 is 0 Å². The highest BCUT2D eigenvalue weighted by atomic mass is 35.5. The van der Waals surface area contributed by atoms with Crippen molar-refractivity contribution >= 4 is 17.4 Å². The van der Waals surface area contributed by atoms with Crippen molar-refractivity contribution in [3.63, 3.8) is 0 Å². The first kappa shape index (κ1) is 15.9. The van der Waals surface area contributed by atoms with E-state index >= 15 is 0 Å². The van der Waals surface area contributed by atoms with Crippen molar-refractivity contribution in [2.24, 2.45) is 0 Å². The summed E-state index contributed by atoms with van der Waals surface area (Å²) in [5, 5.41) is 3.61. The van der Waals surface area contributed by atoms with Crippen molar-refractivity contribution in [2.75, 3.05) is 18.5 Å². The van der Waals surface area contributed by atoms with Crippen LogP contribution in [-0.2, 0) is 6.42 Å². The minimum absolute atomic E-state index is 0.171. The predicted octanol–water partition coefficient (Wildman–Crippen LogP) is 3.64. The molecule has 6 heteroatoms. The summed E-state index contributed by atoms with van der Waals surface area (Å²) in [4.78, 5) is 8.30. The number of nitrogens with one attached hydrogen (secondary N) is 1. The summed E-state index contributed by atoms with van der Waals surface area (Å²) in [6, 6.07) is 7.72. The van der Waals surface area contributed by atoms with Gasteiger partial charge in [-0.15, -0.1) is 0 Å². The van der Waals surface area contributed by atoms with Crippen LogP contribution in [0.25, 0.3) is 0 Å². The zero-order chi connectivity index (χ0) is 16.4. The number of aromatic nitrogens is 2. The molecule has 23 heavy (non-hydrogen) atoms. The Bertz CT molecular complexity index is 699. The average molecular weight is 334 g/mol. The molecule has 0 fully saturated rings. The largest absolute Gasteiger partial charge is 0.488 e. The highest BCUT2D eigenvalue weighted by Crippen LogP contribution is 2.41. The number of ether oxygens (including phenoxy) is 2. The molecule has 0 saturated carbocycles. The molecule has 2 heterocycles. The Labute approximate surface area is 141 Å². The van der Waals surface area contributed by atoms with Crippen molar-refractivity contribution in [3.05, 3.63) is 40.8 Å². The highest BCUT2D eigenvalue weighted by Gasteiger charge is 2.32. The van der Waals surface area contributed by atoms with E-state index in [0.29, 0.717) is 29.9 Å². The fraction of sp³-hybridized carbons (Fsp3) is 0.412. The lowest BCUT2D eigenvalue weighted by Gasteiger charge is -2.18. The maximum atomic E-state index is 5.99. The summed E-state index contributed by atoms with van der Waals surface area (Å²) in [5.74, 6) is 2.98. The van der Waals surface area contributed by atoms with E-state index in [9.17, 15) is 0 Å². The quantitative estimate of drug-likeness (QED) is 0.668. The van der Waals surface area contributed by atoms with E-state index in [1.165, 1.54) is 5.56 Å². The summed E-state index contributed by atoms with van der Waals surface area (Å²) >= 11 is 5.91. The standard InChI is InChI=1S/C17H20ClN3O2/c1-11-20-14(18)9-15(21-11)19-7-8-22-13-6-4-5-12-10-17(2,3)23-16(12)13/h4-6,9H,7-8,10H2,1-3H3,(H,19,20,21). The normalized spacial score (nSPS) is 15.0. The first-order valence-corrected chi connectivity index (χ1v) is 7.99. The van der Waals surface area contributed by atoms with Gasteiger partial charge in [-0.05, 0) is 26.8 Å². The van der Waals surface area contributed by atoms with Gasteiger partial charge in [-0.25, -0.2) is 9.97 Å². The van der Waals surface area contributed by atoms with Gasteiger partial charge in [-0.2, -0.15) is 0 Å². The third-order valence-electron chi connectivity index (χ3n) is 3.53.